The van der Waals surface area contributed by atoms with E-state index in [9.17, 15) is 0 Å². The molecule has 0 aromatic heterocycles. The van der Waals surface area contributed by atoms with E-state index in [0.717, 1.165) is 13.1 Å². The van der Waals surface area contributed by atoms with Gasteiger partial charge in [0.05, 0.1) is 6.73 Å². The highest BCUT2D eigenvalue weighted by atomic mass is 35.5. The molecule has 0 aliphatic rings. The van der Waals surface area contributed by atoms with E-state index >= 15 is 0 Å². The van der Waals surface area contributed by atoms with E-state index in [1.165, 1.54) is 0 Å². The van der Waals surface area contributed by atoms with Crippen molar-refractivity contribution in [2.45, 2.75) is 0 Å². The second-order valence-corrected chi connectivity index (χ2v) is 2.67. The van der Waals surface area contributed by atoms with E-state index in [-0.39, 0.29) is 0 Å². The van der Waals surface area contributed by atoms with Gasteiger partial charge in [0, 0.05) is 32.0 Å². The van der Waals surface area contributed by atoms with Crippen LogP contribution >= 0.6 is 23.2 Å². The summed E-state index contributed by atoms with van der Waals surface area (Å²) in [7, 11) is 1.66. The van der Waals surface area contributed by atoms with Crippen molar-refractivity contribution in [2.24, 2.45) is 0 Å². The number of methoxy groups -OCH3 is 1. The van der Waals surface area contributed by atoms with Gasteiger partial charge in [-0.2, -0.15) is 0 Å². The zero-order valence-electron chi connectivity index (χ0n) is 6.15. The normalized spacial score (nSPS) is 10.8. The summed E-state index contributed by atoms with van der Waals surface area (Å²) in [4.78, 5) is 2.06. The molecule has 0 aromatic carbocycles. The first-order valence-electron chi connectivity index (χ1n) is 3.18. The van der Waals surface area contributed by atoms with Crippen molar-refractivity contribution < 1.29 is 4.74 Å². The van der Waals surface area contributed by atoms with E-state index in [1.807, 2.05) is 0 Å². The molecule has 0 heterocycles. The van der Waals surface area contributed by atoms with E-state index in [0.29, 0.717) is 18.5 Å². The van der Waals surface area contributed by atoms with Crippen LogP contribution in [0, 0.1) is 0 Å². The van der Waals surface area contributed by atoms with Crippen LogP contribution in [0.1, 0.15) is 0 Å². The monoisotopic (exact) mass is 185 g/mol. The van der Waals surface area contributed by atoms with Crippen LogP contribution in [0.2, 0.25) is 0 Å². The molecular formula is C6H13Cl2NO. The van der Waals surface area contributed by atoms with Crippen LogP contribution in [0.4, 0.5) is 0 Å². The fraction of sp³-hybridized carbons (Fsp3) is 1.00. The standard InChI is InChI=1S/C6H13Cl2NO/c1-10-6-9(4-2-7)5-3-8/h2-6H2,1H3. The Hall–Kier alpha value is 0.500. The maximum Gasteiger partial charge on any atom is 0.0987 e. The summed E-state index contributed by atoms with van der Waals surface area (Å²) >= 11 is 11.1. The maximum atomic E-state index is 5.53. The summed E-state index contributed by atoms with van der Waals surface area (Å²) in [6.07, 6.45) is 0. The summed E-state index contributed by atoms with van der Waals surface area (Å²) in [5.41, 5.74) is 0. The summed E-state index contributed by atoms with van der Waals surface area (Å²) < 4.78 is 4.92. The first-order valence-corrected chi connectivity index (χ1v) is 4.25. The molecule has 0 aromatic rings. The largest absolute Gasteiger partial charge is 0.369 e. The molecule has 0 saturated carbocycles. The molecule has 4 heteroatoms. The summed E-state index contributed by atoms with van der Waals surface area (Å²) in [5, 5.41) is 0. The summed E-state index contributed by atoms with van der Waals surface area (Å²) in [5.74, 6) is 1.25. The van der Waals surface area contributed by atoms with Crippen LogP contribution in [-0.4, -0.2) is 43.6 Å². The second kappa shape index (κ2) is 7.61. The molecule has 0 unspecified atom stereocenters. The first kappa shape index (κ1) is 10.5. The molecule has 0 N–H and O–H groups in total. The Bertz CT molecular complexity index is 58.5. The number of hydrogen-bond acceptors (Lipinski definition) is 2. The highest BCUT2D eigenvalue weighted by Gasteiger charge is 2.00. The Labute approximate surface area is 72.0 Å². The lowest BCUT2D eigenvalue weighted by Gasteiger charge is -2.17. The van der Waals surface area contributed by atoms with Crippen LogP contribution in [0.5, 0.6) is 0 Å². The van der Waals surface area contributed by atoms with Gasteiger partial charge < -0.3 is 4.74 Å². The number of rotatable bonds is 6. The van der Waals surface area contributed by atoms with Crippen LogP contribution in [0.3, 0.4) is 0 Å². The van der Waals surface area contributed by atoms with Crippen molar-refractivity contribution in [1.82, 2.24) is 4.90 Å². The summed E-state index contributed by atoms with van der Waals surface area (Å²) in [6.45, 7) is 2.28. The van der Waals surface area contributed by atoms with Gasteiger partial charge in [-0.3, -0.25) is 4.90 Å². The molecule has 0 aliphatic carbocycles. The van der Waals surface area contributed by atoms with Gasteiger partial charge in [-0.1, -0.05) is 0 Å². The van der Waals surface area contributed by atoms with Gasteiger partial charge in [-0.05, 0) is 0 Å². The van der Waals surface area contributed by atoms with E-state index in [1.54, 1.807) is 7.11 Å². The average molecular weight is 186 g/mol. The minimum absolute atomic E-state index is 0.611. The van der Waals surface area contributed by atoms with Crippen molar-refractivity contribution in [3.63, 3.8) is 0 Å². The van der Waals surface area contributed by atoms with Crippen LogP contribution in [0.15, 0.2) is 0 Å². The molecule has 0 fully saturated rings. The van der Waals surface area contributed by atoms with Crippen molar-refractivity contribution in [3.05, 3.63) is 0 Å². The highest BCUT2D eigenvalue weighted by molar-refractivity contribution is 6.18. The maximum absolute atomic E-state index is 5.53. The van der Waals surface area contributed by atoms with Crippen LogP contribution < -0.4 is 0 Å². The Morgan fingerprint density at radius 3 is 2.00 bits per heavy atom. The predicted octanol–water partition coefficient (Wildman–Crippen LogP) is 1.37. The minimum atomic E-state index is 0.611. The van der Waals surface area contributed by atoms with Gasteiger partial charge in [-0.15, -0.1) is 23.2 Å². The molecule has 0 aliphatic heterocycles. The van der Waals surface area contributed by atoms with Gasteiger partial charge in [0.15, 0.2) is 0 Å². The minimum Gasteiger partial charge on any atom is -0.369 e. The third-order valence-electron chi connectivity index (χ3n) is 1.11. The molecule has 2 nitrogen and oxygen atoms in total. The van der Waals surface area contributed by atoms with E-state index in [4.69, 9.17) is 27.9 Å². The molecule has 0 radical (unpaired) electrons. The molecule has 0 amide bonds. The van der Waals surface area contributed by atoms with Gasteiger partial charge >= 0.3 is 0 Å². The van der Waals surface area contributed by atoms with Gasteiger partial charge in [0.25, 0.3) is 0 Å². The van der Waals surface area contributed by atoms with E-state index in [2.05, 4.69) is 4.90 Å². The van der Waals surface area contributed by atoms with E-state index < -0.39 is 0 Å². The van der Waals surface area contributed by atoms with Gasteiger partial charge in [-0.25, -0.2) is 0 Å². The molecule has 0 spiro atoms. The molecule has 0 bridgehead atoms. The molecule has 10 heavy (non-hydrogen) atoms. The highest BCUT2D eigenvalue weighted by Crippen LogP contribution is 1.90. The van der Waals surface area contributed by atoms with Crippen LogP contribution in [-0.2, 0) is 4.74 Å². The quantitative estimate of drug-likeness (QED) is 0.458. The van der Waals surface area contributed by atoms with Crippen molar-refractivity contribution >= 4 is 23.2 Å². The lowest BCUT2D eigenvalue weighted by molar-refractivity contribution is 0.0720. The Kier molecular flexibility index (Phi) is 7.99. The lowest BCUT2D eigenvalue weighted by Crippen LogP contribution is -2.29. The first-order chi connectivity index (χ1) is 4.85. The number of ether oxygens (including phenoxy) is 1. The fourth-order valence-corrected chi connectivity index (χ4v) is 1.14. The van der Waals surface area contributed by atoms with Crippen molar-refractivity contribution in [2.75, 3.05) is 38.7 Å². The lowest BCUT2D eigenvalue weighted by atomic mass is 10.6. The number of hydrogen-bond donors (Lipinski definition) is 0. The molecule has 0 rings (SSSR count). The molecule has 62 valence electrons. The van der Waals surface area contributed by atoms with Crippen LogP contribution in [0.25, 0.3) is 0 Å². The molecule has 0 saturated heterocycles. The number of nitrogens with zero attached hydrogens (tertiary/aromatic N) is 1. The van der Waals surface area contributed by atoms with Gasteiger partial charge in [0.2, 0.25) is 0 Å². The zero-order chi connectivity index (χ0) is 7.82. The van der Waals surface area contributed by atoms with Gasteiger partial charge in [0.1, 0.15) is 0 Å². The third-order valence-corrected chi connectivity index (χ3v) is 1.45. The molecular weight excluding hydrogens is 173 g/mol. The number of halogens is 2. The average Bonchev–Trinajstić information content (AvgIpc) is 1.90. The fourth-order valence-electron chi connectivity index (χ4n) is 0.663. The Morgan fingerprint density at radius 2 is 1.70 bits per heavy atom. The van der Waals surface area contributed by atoms with Crippen molar-refractivity contribution in [1.29, 1.82) is 0 Å². The predicted molar refractivity (Wildman–Crippen MR) is 44.9 cm³/mol. The molecule has 0 atom stereocenters. The second-order valence-electron chi connectivity index (χ2n) is 1.91. The zero-order valence-corrected chi connectivity index (χ0v) is 7.66. The smallest absolute Gasteiger partial charge is 0.0987 e. The summed E-state index contributed by atoms with van der Waals surface area (Å²) in [6, 6.07) is 0. The van der Waals surface area contributed by atoms with Crippen molar-refractivity contribution in [3.8, 4) is 0 Å². The Morgan fingerprint density at radius 1 is 1.20 bits per heavy atom. The topological polar surface area (TPSA) is 12.5 Å². The third kappa shape index (κ3) is 5.30. The Balaban J connectivity index is 3.30. The SMILES string of the molecule is COCN(CCCl)CCCl. The number of alkyl halides is 2.